The molecule has 0 heterocycles. The Kier molecular flexibility index (Phi) is 3.39. The van der Waals surface area contributed by atoms with E-state index in [1.807, 2.05) is 0 Å². The van der Waals surface area contributed by atoms with E-state index in [2.05, 4.69) is 8.85 Å². The van der Waals surface area contributed by atoms with Crippen molar-refractivity contribution in [3.8, 4) is 0 Å². The predicted octanol–water partition coefficient (Wildman–Crippen LogP) is 1.92. The Hall–Kier alpha value is -0.283. The van der Waals surface area contributed by atoms with Crippen LogP contribution in [-0.4, -0.2) is 34.4 Å². The van der Waals surface area contributed by atoms with Gasteiger partial charge < -0.3 is 8.85 Å². The molecule has 0 aliphatic carbocycles. The number of hydrogen-bond acceptors (Lipinski definition) is 2. The van der Waals surface area contributed by atoms with E-state index < -0.39 is 20.2 Å². The second kappa shape index (κ2) is 3.46. The molecule has 2 nitrogen and oxygen atoms in total. The van der Waals surface area contributed by atoms with Crippen LogP contribution in [0, 0.1) is 0 Å². The van der Waals surface area contributed by atoms with Crippen molar-refractivity contribution in [1.82, 2.24) is 0 Å². The molecule has 0 saturated heterocycles. The molecule has 0 N–H and O–H groups in total. The lowest BCUT2D eigenvalue weighted by Gasteiger charge is -2.30. The standard InChI is InChI=1S/C4H6F6O2Si/c1-11-13(12-2,3(5,6)7)4(8,9)10/h1-2H3. The number of rotatable bonds is 2. The maximum absolute atomic E-state index is 12.0. The molecule has 80 valence electrons. The molecule has 0 aliphatic heterocycles. The lowest BCUT2D eigenvalue weighted by Crippen LogP contribution is -2.65. The minimum atomic E-state index is -6.15. The van der Waals surface area contributed by atoms with Crippen molar-refractivity contribution in [3.05, 3.63) is 0 Å². The summed E-state index contributed by atoms with van der Waals surface area (Å²) in [6.07, 6.45) is 0. The van der Waals surface area contributed by atoms with Gasteiger partial charge >= 0.3 is 20.2 Å². The summed E-state index contributed by atoms with van der Waals surface area (Å²) < 4.78 is 78.7. The zero-order chi connectivity index (χ0) is 10.9. The summed E-state index contributed by atoms with van der Waals surface area (Å²) in [4.78, 5) is 0. The lowest BCUT2D eigenvalue weighted by atomic mass is 11.5. The maximum Gasteiger partial charge on any atom is 0.572 e. The van der Waals surface area contributed by atoms with Gasteiger partial charge in [0, 0.05) is 14.2 Å². The van der Waals surface area contributed by atoms with E-state index in [-0.39, 0.29) is 0 Å². The van der Waals surface area contributed by atoms with Crippen molar-refractivity contribution in [1.29, 1.82) is 0 Å². The van der Waals surface area contributed by atoms with E-state index in [4.69, 9.17) is 0 Å². The van der Waals surface area contributed by atoms with E-state index in [1.165, 1.54) is 0 Å². The Balaban J connectivity index is 5.17. The molecule has 0 bridgehead atoms. The van der Waals surface area contributed by atoms with Gasteiger partial charge in [0.05, 0.1) is 0 Å². The second-order valence-electron chi connectivity index (χ2n) is 2.02. The maximum atomic E-state index is 12.0. The van der Waals surface area contributed by atoms with E-state index >= 15 is 0 Å². The number of hydrogen-bond donors (Lipinski definition) is 0. The van der Waals surface area contributed by atoms with Gasteiger partial charge in [-0.05, 0) is 0 Å². The topological polar surface area (TPSA) is 18.5 Å². The Bertz CT molecular complexity index is 154. The van der Waals surface area contributed by atoms with Crippen LogP contribution in [0.1, 0.15) is 0 Å². The molecule has 0 aromatic carbocycles. The molecule has 0 spiro atoms. The van der Waals surface area contributed by atoms with Gasteiger partial charge in [0.1, 0.15) is 0 Å². The van der Waals surface area contributed by atoms with Gasteiger partial charge in [-0.2, -0.15) is 26.3 Å². The third-order valence-corrected chi connectivity index (χ3v) is 3.96. The third-order valence-electron chi connectivity index (χ3n) is 1.32. The fraction of sp³-hybridized carbons (Fsp3) is 1.00. The molecule has 13 heavy (non-hydrogen) atoms. The Labute approximate surface area is 70.7 Å². The molecule has 0 aromatic rings. The highest BCUT2D eigenvalue weighted by Crippen LogP contribution is 2.41. The molecule has 0 rings (SSSR count). The highest BCUT2D eigenvalue weighted by molar-refractivity contribution is 6.71. The summed E-state index contributed by atoms with van der Waals surface area (Å²) in [6.45, 7) is 0. The van der Waals surface area contributed by atoms with Gasteiger partial charge in [0.25, 0.3) is 0 Å². The van der Waals surface area contributed by atoms with Gasteiger partial charge in [-0.1, -0.05) is 0 Å². The van der Waals surface area contributed by atoms with Crippen molar-refractivity contribution in [2.24, 2.45) is 0 Å². The van der Waals surface area contributed by atoms with Crippen molar-refractivity contribution in [2.45, 2.75) is 11.6 Å². The summed E-state index contributed by atoms with van der Waals surface area (Å²) in [5.74, 6) is -11.1. The summed E-state index contributed by atoms with van der Waals surface area (Å²) in [5, 5.41) is 0. The first-order valence-electron chi connectivity index (χ1n) is 2.86. The predicted molar refractivity (Wildman–Crippen MR) is 31.9 cm³/mol. The van der Waals surface area contributed by atoms with Gasteiger partial charge in [-0.25, -0.2) is 0 Å². The van der Waals surface area contributed by atoms with Crippen LogP contribution in [0.4, 0.5) is 26.3 Å². The smallest absolute Gasteiger partial charge is 0.386 e. The molecule has 0 atom stereocenters. The fourth-order valence-electron chi connectivity index (χ4n) is 0.707. The zero-order valence-corrected chi connectivity index (χ0v) is 7.58. The largest absolute Gasteiger partial charge is 0.572 e. The van der Waals surface area contributed by atoms with Crippen LogP contribution in [-0.2, 0) is 8.85 Å². The Morgan fingerprint density at radius 2 is 1.00 bits per heavy atom. The van der Waals surface area contributed by atoms with Gasteiger partial charge in [-0.15, -0.1) is 0 Å². The molecular formula is C4H6F6O2Si. The summed E-state index contributed by atoms with van der Waals surface area (Å²) in [7, 11) is -5.49. The lowest BCUT2D eigenvalue weighted by molar-refractivity contribution is -0.163. The van der Waals surface area contributed by atoms with Gasteiger partial charge in [0.2, 0.25) is 0 Å². The molecule has 0 unspecified atom stereocenters. The zero-order valence-electron chi connectivity index (χ0n) is 6.58. The van der Waals surface area contributed by atoms with E-state index in [0.717, 1.165) is 0 Å². The van der Waals surface area contributed by atoms with Gasteiger partial charge in [-0.3, -0.25) is 0 Å². The van der Waals surface area contributed by atoms with Crippen LogP contribution in [0.25, 0.3) is 0 Å². The van der Waals surface area contributed by atoms with E-state index in [1.54, 1.807) is 0 Å². The molecule has 0 aromatic heterocycles. The molecule has 9 heteroatoms. The van der Waals surface area contributed by atoms with Crippen LogP contribution < -0.4 is 0 Å². The van der Waals surface area contributed by atoms with Crippen molar-refractivity contribution in [3.63, 3.8) is 0 Å². The van der Waals surface area contributed by atoms with Crippen molar-refractivity contribution in [2.75, 3.05) is 14.2 Å². The van der Waals surface area contributed by atoms with Crippen molar-refractivity contribution >= 4 is 8.56 Å². The first-order chi connectivity index (χ1) is 5.62. The summed E-state index contributed by atoms with van der Waals surface area (Å²) in [6, 6.07) is 0. The van der Waals surface area contributed by atoms with Crippen LogP contribution in [0.2, 0.25) is 0 Å². The Morgan fingerprint density at radius 3 is 1.00 bits per heavy atom. The van der Waals surface area contributed by atoms with Crippen LogP contribution in [0.15, 0.2) is 0 Å². The second-order valence-corrected chi connectivity index (χ2v) is 5.20. The average Bonchev–Trinajstić information content (AvgIpc) is 1.84. The minimum absolute atomic E-state index is 0.330. The SMILES string of the molecule is CO[Si](OC)(C(F)(F)F)C(F)(F)F. The quantitative estimate of drug-likeness (QED) is 0.531. The molecule has 0 aliphatic rings. The van der Waals surface area contributed by atoms with Crippen LogP contribution >= 0.6 is 0 Å². The third kappa shape index (κ3) is 1.97. The van der Waals surface area contributed by atoms with Crippen LogP contribution in [0.3, 0.4) is 0 Å². The normalized spacial score (nSPS) is 14.8. The summed E-state index contributed by atoms with van der Waals surface area (Å²) in [5.41, 5.74) is 0. The van der Waals surface area contributed by atoms with Crippen molar-refractivity contribution < 1.29 is 35.2 Å². The summed E-state index contributed by atoms with van der Waals surface area (Å²) >= 11 is 0. The first-order valence-corrected chi connectivity index (χ1v) is 4.68. The fourth-order valence-corrected chi connectivity index (χ4v) is 2.12. The Morgan fingerprint density at radius 1 is 0.769 bits per heavy atom. The van der Waals surface area contributed by atoms with Crippen LogP contribution in [0.5, 0.6) is 0 Å². The minimum Gasteiger partial charge on any atom is -0.386 e. The molecule has 0 radical (unpaired) electrons. The molecule has 0 fully saturated rings. The number of alkyl halides is 6. The molecule has 0 amide bonds. The highest BCUT2D eigenvalue weighted by Gasteiger charge is 2.79. The first kappa shape index (κ1) is 12.7. The van der Waals surface area contributed by atoms with E-state index in [9.17, 15) is 26.3 Å². The van der Waals surface area contributed by atoms with E-state index in [0.29, 0.717) is 14.2 Å². The molecular weight excluding hydrogens is 222 g/mol. The highest BCUT2D eigenvalue weighted by atomic mass is 28.4. The monoisotopic (exact) mass is 228 g/mol. The van der Waals surface area contributed by atoms with Gasteiger partial charge in [0.15, 0.2) is 0 Å². The number of halogens is 6. The average molecular weight is 228 g/mol. The molecule has 0 saturated carbocycles.